The van der Waals surface area contributed by atoms with E-state index in [-0.39, 0.29) is 29.6 Å². The van der Waals surface area contributed by atoms with Crippen LogP contribution >= 0.6 is 0 Å². The van der Waals surface area contributed by atoms with Gasteiger partial charge < -0.3 is 10.6 Å². The Morgan fingerprint density at radius 2 is 1.67 bits per heavy atom. The molecular weight excluding hydrogens is 308 g/mol. The topological polar surface area (TPSA) is 93.1 Å². The molecule has 0 aliphatic heterocycles. The van der Waals surface area contributed by atoms with Crippen LogP contribution in [0, 0.1) is 0 Å². The summed E-state index contributed by atoms with van der Waals surface area (Å²) >= 11 is 0. The number of amides is 2. The SMILES string of the molecule is CCCn1nc(C(=O)NCCNC(=O)c2ccccc2)ccc1=O. The normalized spacial score (nSPS) is 10.2. The van der Waals surface area contributed by atoms with Crippen molar-refractivity contribution in [2.45, 2.75) is 19.9 Å². The number of hydrogen-bond acceptors (Lipinski definition) is 4. The first-order chi connectivity index (χ1) is 11.6. The Kier molecular flexibility index (Phi) is 6.24. The van der Waals surface area contributed by atoms with E-state index in [4.69, 9.17) is 0 Å². The third-order valence-electron chi connectivity index (χ3n) is 3.27. The summed E-state index contributed by atoms with van der Waals surface area (Å²) in [6.07, 6.45) is 0.753. The van der Waals surface area contributed by atoms with Crippen LogP contribution in [0.2, 0.25) is 0 Å². The van der Waals surface area contributed by atoms with E-state index in [0.29, 0.717) is 18.7 Å². The van der Waals surface area contributed by atoms with Crippen LogP contribution in [0.15, 0.2) is 47.3 Å². The van der Waals surface area contributed by atoms with Gasteiger partial charge in [-0.15, -0.1) is 0 Å². The molecule has 0 saturated heterocycles. The fourth-order valence-electron chi connectivity index (χ4n) is 2.08. The number of hydrogen-bond donors (Lipinski definition) is 2. The predicted octanol–water partition coefficient (Wildman–Crippen LogP) is 0.813. The number of carbonyl (C=O) groups is 2. The van der Waals surface area contributed by atoms with Crippen molar-refractivity contribution in [3.8, 4) is 0 Å². The van der Waals surface area contributed by atoms with Crippen LogP contribution in [0.5, 0.6) is 0 Å². The van der Waals surface area contributed by atoms with Gasteiger partial charge in [0.15, 0.2) is 0 Å². The highest BCUT2D eigenvalue weighted by Gasteiger charge is 2.09. The molecule has 2 amide bonds. The zero-order valence-electron chi connectivity index (χ0n) is 13.5. The Morgan fingerprint density at radius 1 is 1.00 bits per heavy atom. The van der Waals surface area contributed by atoms with Gasteiger partial charge in [0.25, 0.3) is 17.4 Å². The fraction of sp³-hybridized carbons (Fsp3) is 0.294. The number of benzene rings is 1. The molecule has 126 valence electrons. The molecule has 0 aliphatic rings. The van der Waals surface area contributed by atoms with Crippen molar-refractivity contribution in [2.75, 3.05) is 13.1 Å². The van der Waals surface area contributed by atoms with Gasteiger partial charge in [-0.2, -0.15) is 5.10 Å². The first kappa shape index (κ1) is 17.4. The lowest BCUT2D eigenvalue weighted by molar-refractivity contribution is 0.0923. The molecule has 0 spiro atoms. The summed E-state index contributed by atoms with van der Waals surface area (Å²) in [4.78, 5) is 35.4. The second-order valence-electron chi connectivity index (χ2n) is 5.16. The van der Waals surface area contributed by atoms with Crippen LogP contribution in [0.3, 0.4) is 0 Å². The van der Waals surface area contributed by atoms with E-state index in [0.717, 1.165) is 6.42 Å². The minimum atomic E-state index is -0.381. The summed E-state index contributed by atoms with van der Waals surface area (Å²) in [5, 5.41) is 9.41. The summed E-state index contributed by atoms with van der Waals surface area (Å²) in [5.41, 5.74) is 0.512. The summed E-state index contributed by atoms with van der Waals surface area (Å²) in [6.45, 7) is 2.96. The minimum Gasteiger partial charge on any atom is -0.350 e. The van der Waals surface area contributed by atoms with E-state index >= 15 is 0 Å². The fourth-order valence-corrected chi connectivity index (χ4v) is 2.08. The first-order valence-corrected chi connectivity index (χ1v) is 7.81. The summed E-state index contributed by atoms with van der Waals surface area (Å²) in [7, 11) is 0. The van der Waals surface area contributed by atoms with E-state index < -0.39 is 0 Å². The quantitative estimate of drug-likeness (QED) is 0.736. The molecule has 2 N–H and O–H groups in total. The van der Waals surface area contributed by atoms with Gasteiger partial charge in [0.05, 0.1) is 0 Å². The lowest BCUT2D eigenvalue weighted by Gasteiger charge is -2.08. The van der Waals surface area contributed by atoms with Crippen LogP contribution < -0.4 is 16.2 Å². The Bertz CT molecular complexity index is 756. The minimum absolute atomic E-state index is 0.178. The molecule has 2 rings (SSSR count). The van der Waals surface area contributed by atoms with Gasteiger partial charge in [-0.3, -0.25) is 14.4 Å². The van der Waals surface area contributed by atoms with Gasteiger partial charge in [-0.25, -0.2) is 4.68 Å². The summed E-state index contributed by atoms with van der Waals surface area (Å²) < 4.78 is 1.27. The molecule has 0 fully saturated rings. The molecule has 0 saturated carbocycles. The van der Waals surface area contributed by atoms with Gasteiger partial charge in [0.2, 0.25) is 0 Å². The van der Waals surface area contributed by atoms with E-state index in [2.05, 4.69) is 15.7 Å². The van der Waals surface area contributed by atoms with Gasteiger partial charge >= 0.3 is 0 Å². The molecule has 1 aromatic carbocycles. The molecular formula is C17H20N4O3. The lowest BCUT2D eigenvalue weighted by Crippen LogP contribution is -2.36. The van der Waals surface area contributed by atoms with Gasteiger partial charge in [-0.1, -0.05) is 25.1 Å². The number of nitrogens with one attached hydrogen (secondary N) is 2. The average molecular weight is 328 g/mol. The third kappa shape index (κ3) is 4.77. The number of rotatable bonds is 7. The van der Waals surface area contributed by atoms with Crippen molar-refractivity contribution < 1.29 is 9.59 Å². The Balaban J connectivity index is 1.82. The third-order valence-corrected chi connectivity index (χ3v) is 3.27. The number of aryl methyl sites for hydroxylation is 1. The average Bonchev–Trinajstić information content (AvgIpc) is 2.61. The Labute approximate surface area is 139 Å². The highest BCUT2D eigenvalue weighted by Crippen LogP contribution is 1.97. The molecule has 2 aromatic rings. The maximum absolute atomic E-state index is 12.0. The van der Waals surface area contributed by atoms with Crippen LogP contribution in [-0.4, -0.2) is 34.7 Å². The van der Waals surface area contributed by atoms with Crippen molar-refractivity contribution in [2.24, 2.45) is 0 Å². The van der Waals surface area contributed by atoms with Crippen molar-refractivity contribution in [1.29, 1.82) is 0 Å². The molecule has 0 radical (unpaired) electrons. The largest absolute Gasteiger partial charge is 0.350 e. The van der Waals surface area contributed by atoms with Crippen LogP contribution in [0.25, 0.3) is 0 Å². The molecule has 0 atom stereocenters. The molecule has 7 nitrogen and oxygen atoms in total. The highest BCUT2D eigenvalue weighted by atomic mass is 16.2. The monoisotopic (exact) mass is 328 g/mol. The van der Waals surface area contributed by atoms with E-state index in [1.54, 1.807) is 24.3 Å². The lowest BCUT2D eigenvalue weighted by atomic mass is 10.2. The molecule has 0 unspecified atom stereocenters. The van der Waals surface area contributed by atoms with E-state index in [1.807, 2.05) is 13.0 Å². The molecule has 1 aromatic heterocycles. The zero-order chi connectivity index (χ0) is 17.4. The molecule has 0 bridgehead atoms. The smallest absolute Gasteiger partial charge is 0.271 e. The van der Waals surface area contributed by atoms with Crippen molar-refractivity contribution >= 4 is 11.8 Å². The number of nitrogens with zero attached hydrogens (tertiary/aromatic N) is 2. The van der Waals surface area contributed by atoms with Crippen LogP contribution in [-0.2, 0) is 6.54 Å². The van der Waals surface area contributed by atoms with Gasteiger partial charge in [-0.05, 0) is 24.6 Å². The maximum atomic E-state index is 12.0. The molecule has 1 heterocycles. The van der Waals surface area contributed by atoms with Crippen LogP contribution in [0.4, 0.5) is 0 Å². The second-order valence-corrected chi connectivity index (χ2v) is 5.16. The second kappa shape index (κ2) is 8.61. The molecule has 24 heavy (non-hydrogen) atoms. The standard InChI is InChI=1S/C17H20N4O3/c1-2-12-21-15(22)9-8-14(20-21)17(24)19-11-10-18-16(23)13-6-4-3-5-7-13/h3-9H,2,10-12H2,1H3,(H,18,23)(H,19,24). The van der Waals surface area contributed by atoms with Gasteiger partial charge in [0.1, 0.15) is 5.69 Å². The maximum Gasteiger partial charge on any atom is 0.271 e. The predicted molar refractivity (Wildman–Crippen MR) is 89.9 cm³/mol. The zero-order valence-corrected chi connectivity index (χ0v) is 13.5. The number of aromatic nitrogens is 2. The summed E-state index contributed by atoms with van der Waals surface area (Å²) in [5.74, 6) is -0.576. The highest BCUT2D eigenvalue weighted by molar-refractivity contribution is 5.94. The molecule has 7 heteroatoms. The van der Waals surface area contributed by atoms with E-state index in [9.17, 15) is 14.4 Å². The van der Waals surface area contributed by atoms with Crippen molar-refractivity contribution in [1.82, 2.24) is 20.4 Å². The first-order valence-electron chi connectivity index (χ1n) is 7.81. The Hall–Kier alpha value is -2.96. The summed E-state index contributed by atoms with van der Waals surface area (Å²) in [6, 6.07) is 11.6. The van der Waals surface area contributed by atoms with Crippen molar-refractivity contribution in [3.63, 3.8) is 0 Å². The Morgan fingerprint density at radius 3 is 2.33 bits per heavy atom. The van der Waals surface area contributed by atoms with Crippen molar-refractivity contribution in [3.05, 3.63) is 64.1 Å². The van der Waals surface area contributed by atoms with E-state index in [1.165, 1.54) is 16.8 Å². The number of carbonyl (C=O) groups excluding carboxylic acids is 2. The van der Waals surface area contributed by atoms with Crippen LogP contribution in [0.1, 0.15) is 34.2 Å². The van der Waals surface area contributed by atoms with Gasteiger partial charge in [0, 0.05) is 31.3 Å². The molecule has 0 aliphatic carbocycles.